The molecule has 2 amide bonds. The fraction of sp³-hybridized carbons (Fsp3) is 0.364. The quantitative estimate of drug-likeness (QED) is 0.775. The molecule has 0 atom stereocenters. The summed E-state index contributed by atoms with van der Waals surface area (Å²) in [4.78, 5) is 27.9. The third-order valence-electron chi connectivity index (χ3n) is 5.05. The molecule has 2 aromatic rings. The molecule has 1 fully saturated rings. The van der Waals surface area contributed by atoms with Gasteiger partial charge in [-0.05, 0) is 49.4 Å². The minimum atomic E-state index is -0.935. The Morgan fingerprint density at radius 1 is 1.04 bits per heavy atom. The molecule has 0 heterocycles. The summed E-state index contributed by atoms with van der Waals surface area (Å²) in [7, 11) is 0. The van der Waals surface area contributed by atoms with E-state index in [0.29, 0.717) is 25.3 Å². The van der Waals surface area contributed by atoms with Crippen molar-refractivity contribution < 1.29 is 9.59 Å². The van der Waals surface area contributed by atoms with Crippen LogP contribution in [-0.4, -0.2) is 18.4 Å². The van der Waals surface area contributed by atoms with Crippen molar-refractivity contribution in [3.63, 3.8) is 0 Å². The second kappa shape index (κ2) is 7.32. The number of hydrogen-bond donors (Lipinski definition) is 1. The van der Waals surface area contributed by atoms with Gasteiger partial charge >= 0.3 is 0 Å². The smallest absolute Gasteiger partial charge is 0.242 e. The van der Waals surface area contributed by atoms with Gasteiger partial charge in [-0.2, -0.15) is 0 Å². The minimum Gasteiger partial charge on any atom is -0.325 e. The van der Waals surface area contributed by atoms with Gasteiger partial charge in [0.1, 0.15) is 5.41 Å². The molecule has 4 heteroatoms. The molecular weight excluding hydrogens is 324 g/mol. The van der Waals surface area contributed by atoms with E-state index in [4.69, 9.17) is 0 Å². The first-order valence-electron chi connectivity index (χ1n) is 9.27. The minimum absolute atomic E-state index is 0.106. The molecule has 26 heavy (non-hydrogen) atoms. The zero-order valence-corrected chi connectivity index (χ0v) is 15.7. The normalized spacial score (nSPS) is 14.8. The maximum absolute atomic E-state index is 13.2. The SMILES string of the molecule is CCN(C(=O)C1(C(=O)Nc2ccccc2C(C)C)CC1)c1ccccc1. The van der Waals surface area contributed by atoms with Gasteiger partial charge in [0.05, 0.1) is 0 Å². The Morgan fingerprint density at radius 3 is 2.23 bits per heavy atom. The largest absolute Gasteiger partial charge is 0.325 e. The third kappa shape index (κ3) is 3.36. The number of rotatable bonds is 6. The van der Waals surface area contributed by atoms with Crippen LogP contribution in [-0.2, 0) is 9.59 Å². The Bertz CT molecular complexity index is 795. The lowest BCUT2D eigenvalue weighted by Gasteiger charge is -2.26. The van der Waals surface area contributed by atoms with E-state index in [1.807, 2.05) is 61.5 Å². The first-order chi connectivity index (χ1) is 12.5. The fourth-order valence-electron chi connectivity index (χ4n) is 3.33. The van der Waals surface area contributed by atoms with Gasteiger partial charge < -0.3 is 10.2 Å². The van der Waals surface area contributed by atoms with E-state index in [9.17, 15) is 9.59 Å². The number of anilines is 2. The van der Waals surface area contributed by atoms with Crippen LogP contribution >= 0.6 is 0 Å². The van der Waals surface area contributed by atoms with Gasteiger partial charge in [-0.3, -0.25) is 9.59 Å². The topological polar surface area (TPSA) is 49.4 Å². The van der Waals surface area contributed by atoms with Crippen molar-refractivity contribution in [1.29, 1.82) is 0 Å². The monoisotopic (exact) mass is 350 g/mol. The van der Waals surface area contributed by atoms with Crippen LogP contribution < -0.4 is 10.2 Å². The van der Waals surface area contributed by atoms with Gasteiger partial charge in [-0.15, -0.1) is 0 Å². The molecule has 0 spiro atoms. The van der Waals surface area contributed by atoms with Crippen molar-refractivity contribution in [3.8, 4) is 0 Å². The molecule has 1 aliphatic rings. The molecule has 136 valence electrons. The second-order valence-corrected chi connectivity index (χ2v) is 7.16. The van der Waals surface area contributed by atoms with Gasteiger partial charge in [0.25, 0.3) is 0 Å². The van der Waals surface area contributed by atoms with E-state index in [-0.39, 0.29) is 11.8 Å². The van der Waals surface area contributed by atoms with Crippen molar-refractivity contribution in [2.75, 3.05) is 16.8 Å². The van der Waals surface area contributed by atoms with Crippen molar-refractivity contribution in [1.82, 2.24) is 0 Å². The van der Waals surface area contributed by atoms with Crippen molar-refractivity contribution >= 4 is 23.2 Å². The van der Waals surface area contributed by atoms with Crippen LogP contribution in [0.25, 0.3) is 0 Å². The van der Waals surface area contributed by atoms with E-state index >= 15 is 0 Å². The highest BCUT2D eigenvalue weighted by Crippen LogP contribution is 2.49. The Balaban J connectivity index is 1.82. The summed E-state index contributed by atoms with van der Waals surface area (Å²) in [6, 6.07) is 17.3. The van der Waals surface area contributed by atoms with Crippen molar-refractivity contribution in [3.05, 3.63) is 60.2 Å². The number of nitrogens with zero attached hydrogens (tertiary/aromatic N) is 1. The lowest BCUT2D eigenvalue weighted by molar-refractivity contribution is -0.132. The predicted octanol–water partition coefficient (Wildman–Crippen LogP) is 4.58. The van der Waals surface area contributed by atoms with E-state index in [0.717, 1.165) is 16.9 Å². The zero-order valence-electron chi connectivity index (χ0n) is 15.7. The van der Waals surface area contributed by atoms with Crippen LogP contribution in [0.1, 0.15) is 45.1 Å². The molecule has 0 unspecified atom stereocenters. The predicted molar refractivity (Wildman–Crippen MR) is 105 cm³/mol. The summed E-state index contributed by atoms with van der Waals surface area (Å²) in [5, 5.41) is 3.02. The Hall–Kier alpha value is -2.62. The number of carbonyl (C=O) groups is 2. The third-order valence-corrected chi connectivity index (χ3v) is 5.05. The van der Waals surface area contributed by atoms with Crippen molar-refractivity contribution in [2.45, 2.75) is 39.5 Å². The van der Waals surface area contributed by atoms with Gasteiger partial charge in [0, 0.05) is 17.9 Å². The molecule has 0 radical (unpaired) electrons. The summed E-state index contributed by atoms with van der Waals surface area (Å²) < 4.78 is 0. The average Bonchev–Trinajstić information content (AvgIpc) is 3.45. The lowest BCUT2D eigenvalue weighted by atomic mass is 9.99. The Morgan fingerprint density at radius 2 is 1.65 bits per heavy atom. The molecule has 4 nitrogen and oxygen atoms in total. The summed E-state index contributed by atoms with van der Waals surface area (Å²) in [5.41, 5.74) is 1.78. The van der Waals surface area contributed by atoms with E-state index < -0.39 is 5.41 Å². The van der Waals surface area contributed by atoms with E-state index in [1.54, 1.807) is 4.90 Å². The second-order valence-electron chi connectivity index (χ2n) is 7.16. The highest BCUT2D eigenvalue weighted by molar-refractivity contribution is 6.17. The zero-order chi connectivity index (χ0) is 18.7. The van der Waals surface area contributed by atoms with E-state index in [2.05, 4.69) is 19.2 Å². The van der Waals surface area contributed by atoms with Gasteiger partial charge in [0.15, 0.2) is 0 Å². The highest BCUT2D eigenvalue weighted by atomic mass is 16.2. The number of para-hydroxylation sites is 2. The van der Waals surface area contributed by atoms with E-state index in [1.165, 1.54) is 0 Å². The average molecular weight is 350 g/mol. The maximum atomic E-state index is 13.2. The Labute approximate surface area is 155 Å². The van der Waals surface area contributed by atoms with Crippen LogP contribution in [0.5, 0.6) is 0 Å². The number of hydrogen-bond acceptors (Lipinski definition) is 2. The van der Waals surface area contributed by atoms with Crippen LogP contribution in [0.4, 0.5) is 11.4 Å². The molecule has 2 aromatic carbocycles. The molecule has 0 saturated heterocycles. The molecule has 0 aromatic heterocycles. The molecule has 0 bridgehead atoms. The fourth-order valence-corrected chi connectivity index (χ4v) is 3.33. The number of carbonyl (C=O) groups excluding carboxylic acids is 2. The Kier molecular flexibility index (Phi) is 5.12. The molecule has 1 aliphatic carbocycles. The van der Waals surface area contributed by atoms with Crippen LogP contribution in [0.2, 0.25) is 0 Å². The first-order valence-corrected chi connectivity index (χ1v) is 9.27. The summed E-state index contributed by atoms with van der Waals surface area (Å²) in [6.45, 7) is 6.67. The lowest BCUT2D eigenvalue weighted by Crippen LogP contribution is -2.43. The standard InChI is InChI=1S/C22H26N2O2/c1-4-24(17-10-6-5-7-11-17)21(26)22(14-15-22)20(25)23-19-13-9-8-12-18(19)16(2)3/h5-13,16H,4,14-15H2,1-3H3,(H,23,25). The van der Waals surface area contributed by atoms with Gasteiger partial charge in [0.2, 0.25) is 11.8 Å². The number of amides is 2. The molecular formula is C22H26N2O2. The number of nitrogens with one attached hydrogen (secondary N) is 1. The van der Waals surface area contributed by atoms with Gasteiger partial charge in [-0.1, -0.05) is 50.2 Å². The number of benzene rings is 2. The highest BCUT2D eigenvalue weighted by Gasteiger charge is 2.58. The van der Waals surface area contributed by atoms with Crippen molar-refractivity contribution in [2.24, 2.45) is 5.41 Å². The summed E-state index contributed by atoms with van der Waals surface area (Å²) >= 11 is 0. The summed E-state index contributed by atoms with van der Waals surface area (Å²) in [5.74, 6) is 0.00419. The first kappa shape index (κ1) is 18.2. The van der Waals surface area contributed by atoms with Crippen LogP contribution in [0, 0.1) is 5.41 Å². The van der Waals surface area contributed by atoms with Crippen LogP contribution in [0.15, 0.2) is 54.6 Å². The molecule has 1 N–H and O–H groups in total. The van der Waals surface area contributed by atoms with Crippen LogP contribution in [0.3, 0.4) is 0 Å². The summed E-state index contributed by atoms with van der Waals surface area (Å²) in [6.07, 6.45) is 1.20. The molecule has 0 aliphatic heterocycles. The molecule has 1 saturated carbocycles. The molecule has 3 rings (SSSR count). The van der Waals surface area contributed by atoms with Gasteiger partial charge in [-0.25, -0.2) is 0 Å². The maximum Gasteiger partial charge on any atom is 0.242 e.